The first-order valence-electron chi connectivity index (χ1n) is 3.23. The van der Waals surface area contributed by atoms with Gasteiger partial charge in [-0.15, -0.1) is 0 Å². The van der Waals surface area contributed by atoms with Crippen molar-refractivity contribution in [3.8, 4) is 5.75 Å². The van der Waals surface area contributed by atoms with Crippen molar-refractivity contribution < 1.29 is 4.74 Å². The molecule has 0 bridgehead atoms. The van der Waals surface area contributed by atoms with Gasteiger partial charge in [-0.1, -0.05) is 0 Å². The van der Waals surface area contributed by atoms with Crippen LogP contribution in [0.3, 0.4) is 0 Å². The fourth-order valence-corrected chi connectivity index (χ4v) is 0.924. The number of rotatable bonds is 1. The van der Waals surface area contributed by atoms with Gasteiger partial charge in [0.05, 0.1) is 7.11 Å². The highest BCUT2D eigenvalue weighted by atomic mass is 16.5. The summed E-state index contributed by atoms with van der Waals surface area (Å²) in [6.45, 7) is 0. The first kappa shape index (κ1) is 6.15. The third kappa shape index (κ3) is 0.920. The highest BCUT2D eigenvalue weighted by Gasteiger charge is 1.95. The van der Waals surface area contributed by atoms with E-state index < -0.39 is 0 Å². The minimum absolute atomic E-state index is 0.796. The molecule has 11 heavy (non-hydrogen) atoms. The van der Waals surface area contributed by atoms with Crippen LogP contribution in [0.4, 0.5) is 0 Å². The minimum atomic E-state index is 0.796. The molecule has 0 fully saturated rings. The Labute approximate surface area is 63.4 Å². The van der Waals surface area contributed by atoms with Crippen molar-refractivity contribution in [3.05, 3.63) is 24.7 Å². The van der Waals surface area contributed by atoms with Crippen LogP contribution in [-0.4, -0.2) is 21.7 Å². The van der Waals surface area contributed by atoms with E-state index in [1.54, 1.807) is 17.8 Å². The SMILES string of the molecule is COc1ccn2ncnc2c1. The molecule has 0 unspecified atom stereocenters. The molecule has 2 rings (SSSR count). The minimum Gasteiger partial charge on any atom is -0.497 e. The van der Waals surface area contributed by atoms with Gasteiger partial charge in [0.15, 0.2) is 5.65 Å². The number of nitrogens with zero attached hydrogens (tertiary/aromatic N) is 3. The largest absolute Gasteiger partial charge is 0.497 e. The van der Waals surface area contributed by atoms with Crippen LogP contribution in [0.15, 0.2) is 24.7 Å². The second-order valence-corrected chi connectivity index (χ2v) is 2.13. The third-order valence-corrected chi connectivity index (χ3v) is 1.49. The van der Waals surface area contributed by atoms with Gasteiger partial charge in [-0.3, -0.25) is 0 Å². The van der Waals surface area contributed by atoms with Crippen molar-refractivity contribution in [2.45, 2.75) is 0 Å². The van der Waals surface area contributed by atoms with Crippen LogP contribution in [0.1, 0.15) is 0 Å². The molecule has 0 N–H and O–H groups in total. The van der Waals surface area contributed by atoms with Crippen LogP contribution in [0.2, 0.25) is 0 Å². The zero-order valence-corrected chi connectivity index (χ0v) is 6.06. The van der Waals surface area contributed by atoms with Crippen molar-refractivity contribution in [2.75, 3.05) is 7.11 Å². The third-order valence-electron chi connectivity index (χ3n) is 1.49. The smallest absolute Gasteiger partial charge is 0.158 e. The summed E-state index contributed by atoms with van der Waals surface area (Å²) in [6.07, 6.45) is 3.32. The lowest BCUT2D eigenvalue weighted by Gasteiger charge is -1.97. The molecule has 0 aliphatic carbocycles. The lowest BCUT2D eigenvalue weighted by Crippen LogP contribution is -1.88. The molecule has 0 radical (unpaired) electrons. The number of fused-ring (bicyclic) bond motifs is 1. The number of pyridine rings is 1. The van der Waals surface area contributed by atoms with Gasteiger partial charge in [-0.25, -0.2) is 9.50 Å². The Kier molecular flexibility index (Phi) is 1.25. The Morgan fingerprint density at radius 2 is 2.45 bits per heavy atom. The zero-order valence-electron chi connectivity index (χ0n) is 6.06. The van der Waals surface area contributed by atoms with Crippen molar-refractivity contribution in [2.24, 2.45) is 0 Å². The van der Waals surface area contributed by atoms with E-state index in [1.165, 1.54) is 6.33 Å². The zero-order chi connectivity index (χ0) is 7.68. The van der Waals surface area contributed by atoms with Crippen LogP contribution in [0, 0.1) is 0 Å². The van der Waals surface area contributed by atoms with E-state index in [2.05, 4.69) is 10.1 Å². The van der Waals surface area contributed by atoms with Crippen molar-refractivity contribution in [3.63, 3.8) is 0 Å². The monoisotopic (exact) mass is 149 g/mol. The Balaban J connectivity index is 2.67. The van der Waals surface area contributed by atoms with Crippen molar-refractivity contribution in [1.82, 2.24) is 14.6 Å². The first-order valence-corrected chi connectivity index (χ1v) is 3.23. The van der Waals surface area contributed by atoms with E-state index in [0.717, 1.165) is 11.4 Å². The summed E-state index contributed by atoms with van der Waals surface area (Å²) in [4.78, 5) is 4.00. The van der Waals surface area contributed by atoms with Gasteiger partial charge in [0.2, 0.25) is 0 Å². The van der Waals surface area contributed by atoms with Crippen LogP contribution in [0.5, 0.6) is 5.75 Å². The van der Waals surface area contributed by atoms with E-state index in [9.17, 15) is 0 Å². The molecule has 4 heteroatoms. The van der Waals surface area contributed by atoms with Crippen LogP contribution < -0.4 is 4.74 Å². The van der Waals surface area contributed by atoms with E-state index in [-0.39, 0.29) is 0 Å². The van der Waals surface area contributed by atoms with Gasteiger partial charge < -0.3 is 4.74 Å². The molecule has 0 aliphatic heterocycles. The number of hydrogen-bond donors (Lipinski definition) is 0. The lowest BCUT2D eigenvalue weighted by molar-refractivity contribution is 0.414. The van der Waals surface area contributed by atoms with Gasteiger partial charge >= 0.3 is 0 Å². The number of hydrogen-bond acceptors (Lipinski definition) is 3. The molecular weight excluding hydrogens is 142 g/mol. The molecule has 0 aromatic carbocycles. The van der Waals surface area contributed by atoms with Gasteiger partial charge in [-0.05, 0) is 6.07 Å². The molecular formula is C7H7N3O. The van der Waals surface area contributed by atoms with E-state index in [0.29, 0.717) is 0 Å². The summed E-state index contributed by atoms with van der Waals surface area (Å²) in [6, 6.07) is 3.66. The van der Waals surface area contributed by atoms with Gasteiger partial charge in [0.25, 0.3) is 0 Å². The van der Waals surface area contributed by atoms with Gasteiger partial charge in [-0.2, -0.15) is 5.10 Å². The van der Waals surface area contributed by atoms with Gasteiger partial charge in [0, 0.05) is 12.3 Å². The molecule has 2 heterocycles. The summed E-state index contributed by atoms with van der Waals surface area (Å²) in [5.41, 5.74) is 0.796. The molecule has 2 aromatic heterocycles. The fourth-order valence-electron chi connectivity index (χ4n) is 0.924. The highest BCUT2D eigenvalue weighted by molar-refractivity contribution is 5.42. The maximum absolute atomic E-state index is 5.01. The van der Waals surface area contributed by atoms with E-state index in [4.69, 9.17) is 4.74 Å². The Hall–Kier alpha value is -1.58. The second kappa shape index (κ2) is 2.23. The number of aromatic nitrogens is 3. The first-order chi connectivity index (χ1) is 5.40. The fraction of sp³-hybridized carbons (Fsp3) is 0.143. The summed E-state index contributed by atoms with van der Waals surface area (Å²) >= 11 is 0. The van der Waals surface area contributed by atoms with Gasteiger partial charge in [0.1, 0.15) is 12.1 Å². The maximum atomic E-state index is 5.01. The molecule has 2 aromatic rings. The standard InChI is InChI=1S/C7H7N3O/c1-11-6-2-3-10-7(4-6)8-5-9-10/h2-5H,1H3. The molecule has 0 atom stereocenters. The molecule has 0 spiro atoms. The lowest BCUT2D eigenvalue weighted by atomic mass is 10.4. The van der Waals surface area contributed by atoms with Crippen LogP contribution in [0.25, 0.3) is 5.65 Å². The Bertz CT molecular complexity index is 368. The second-order valence-electron chi connectivity index (χ2n) is 2.13. The molecule has 0 saturated heterocycles. The highest BCUT2D eigenvalue weighted by Crippen LogP contribution is 2.10. The predicted octanol–water partition coefficient (Wildman–Crippen LogP) is 0.738. The summed E-state index contributed by atoms with van der Waals surface area (Å²) in [5.74, 6) is 0.797. The molecule has 0 saturated carbocycles. The molecule has 0 aliphatic rings. The van der Waals surface area contributed by atoms with Crippen LogP contribution >= 0.6 is 0 Å². The Morgan fingerprint density at radius 3 is 3.27 bits per heavy atom. The Morgan fingerprint density at radius 1 is 1.55 bits per heavy atom. The van der Waals surface area contributed by atoms with E-state index in [1.807, 2.05) is 12.1 Å². The average Bonchev–Trinajstić information content (AvgIpc) is 2.50. The summed E-state index contributed by atoms with van der Waals surface area (Å²) in [7, 11) is 1.63. The number of methoxy groups -OCH3 is 1. The molecule has 4 nitrogen and oxygen atoms in total. The topological polar surface area (TPSA) is 39.4 Å². The van der Waals surface area contributed by atoms with E-state index >= 15 is 0 Å². The molecule has 56 valence electrons. The molecule has 0 amide bonds. The normalized spacial score (nSPS) is 10.3. The number of ether oxygens (including phenoxy) is 1. The van der Waals surface area contributed by atoms with Crippen LogP contribution in [-0.2, 0) is 0 Å². The predicted molar refractivity (Wildman–Crippen MR) is 39.5 cm³/mol. The maximum Gasteiger partial charge on any atom is 0.158 e. The summed E-state index contributed by atoms with van der Waals surface area (Å²) in [5, 5.41) is 3.94. The average molecular weight is 149 g/mol. The quantitative estimate of drug-likeness (QED) is 0.600. The van der Waals surface area contributed by atoms with Crippen molar-refractivity contribution >= 4 is 5.65 Å². The summed E-state index contributed by atoms with van der Waals surface area (Å²) < 4.78 is 6.69. The van der Waals surface area contributed by atoms with Crippen molar-refractivity contribution in [1.29, 1.82) is 0 Å².